The molecule has 0 N–H and O–H groups in total. The van der Waals surface area contributed by atoms with Crippen LogP contribution in [0.5, 0.6) is 0 Å². The summed E-state index contributed by atoms with van der Waals surface area (Å²) in [4.78, 5) is 43.6. The smallest absolute Gasteiger partial charge is 0.259 e. The van der Waals surface area contributed by atoms with E-state index in [4.69, 9.17) is 23.2 Å². The minimum absolute atomic E-state index is 0.134. The number of carbonyl (C=O) groups excluding carboxylic acids is 3. The highest BCUT2D eigenvalue weighted by Gasteiger charge is 2.67. The highest BCUT2D eigenvalue weighted by Crippen LogP contribution is 2.65. The number of anilines is 1. The summed E-state index contributed by atoms with van der Waals surface area (Å²) in [6.45, 7) is 1.75. The lowest BCUT2D eigenvalue weighted by atomic mass is 9.63. The molecule has 3 fully saturated rings. The van der Waals surface area contributed by atoms with Gasteiger partial charge in [0.25, 0.3) is 5.91 Å². The molecule has 2 aromatic rings. The van der Waals surface area contributed by atoms with Crippen LogP contribution in [0, 0.1) is 42.4 Å². The van der Waals surface area contributed by atoms with E-state index in [0.29, 0.717) is 28.1 Å². The van der Waals surface area contributed by atoms with Gasteiger partial charge in [0.1, 0.15) is 6.67 Å². The summed E-state index contributed by atoms with van der Waals surface area (Å²) in [5.74, 6) is 0.0148. The lowest BCUT2D eigenvalue weighted by molar-refractivity contribution is -0.140. The van der Waals surface area contributed by atoms with E-state index in [9.17, 15) is 14.4 Å². The Morgan fingerprint density at radius 2 is 1.65 bits per heavy atom. The topological polar surface area (TPSA) is 57.7 Å². The maximum absolute atomic E-state index is 13.7. The standard InChI is InChI=1S/C26H21BrCl2N2O3/c1-12-8-14(27)3-7-21(12)30(24(32)13-2-6-19(28)20(29)9-13)11-31-25(33)22-15-4-5-16(18-10-17(15)18)23(22)26(31)34/h2-9,15-18,22-23H,10-11H2,1H3/t15-,16+,17-,18-,22+,23-/m1/s1. The molecule has 0 spiro atoms. The van der Waals surface area contributed by atoms with E-state index >= 15 is 0 Å². The Kier molecular flexibility index (Phi) is 5.21. The number of hydrogen-bond donors (Lipinski definition) is 0. The molecule has 8 heteroatoms. The molecular weight excluding hydrogens is 539 g/mol. The second kappa shape index (κ2) is 7.94. The van der Waals surface area contributed by atoms with E-state index in [-0.39, 0.29) is 53.1 Å². The van der Waals surface area contributed by atoms with Gasteiger partial charge in [-0.05, 0) is 79.0 Å². The first-order valence-electron chi connectivity index (χ1n) is 11.3. The zero-order chi connectivity index (χ0) is 23.9. The molecule has 1 aliphatic heterocycles. The van der Waals surface area contributed by atoms with Crippen molar-refractivity contribution < 1.29 is 14.4 Å². The number of allylic oxidation sites excluding steroid dienone is 2. The minimum Gasteiger partial charge on any atom is -0.289 e. The predicted octanol–water partition coefficient (Wildman–Crippen LogP) is 5.72. The van der Waals surface area contributed by atoms with Crippen LogP contribution in [0.25, 0.3) is 0 Å². The molecule has 5 aliphatic rings. The van der Waals surface area contributed by atoms with Crippen molar-refractivity contribution in [3.63, 3.8) is 0 Å². The van der Waals surface area contributed by atoms with Crippen LogP contribution in [0.3, 0.4) is 0 Å². The summed E-state index contributed by atoms with van der Waals surface area (Å²) in [5.41, 5.74) is 1.79. The molecule has 2 aromatic carbocycles. The minimum atomic E-state index is -0.358. The number of hydrogen-bond acceptors (Lipinski definition) is 3. The molecule has 6 atom stereocenters. The van der Waals surface area contributed by atoms with Crippen molar-refractivity contribution in [1.82, 2.24) is 4.90 Å². The lowest BCUT2D eigenvalue weighted by Gasteiger charge is -2.37. The average Bonchev–Trinajstić information content (AvgIpc) is 3.59. The fourth-order valence-electron chi connectivity index (χ4n) is 6.26. The van der Waals surface area contributed by atoms with Gasteiger partial charge in [0.15, 0.2) is 0 Å². The second-order valence-corrected chi connectivity index (χ2v) is 11.4. The van der Waals surface area contributed by atoms with Crippen LogP contribution in [-0.4, -0.2) is 29.3 Å². The van der Waals surface area contributed by atoms with E-state index in [2.05, 4.69) is 28.1 Å². The lowest BCUT2D eigenvalue weighted by Crippen LogP contribution is -2.45. The van der Waals surface area contributed by atoms with Crippen molar-refractivity contribution >= 4 is 62.5 Å². The molecule has 174 valence electrons. The monoisotopic (exact) mass is 558 g/mol. The zero-order valence-corrected chi connectivity index (χ0v) is 21.3. The SMILES string of the molecule is Cc1cc(Br)ccc1N(CN1C(=O)[C@@H]2[C@H]3C=C[C@H]([C@H]4C[C@H]34)[C@@H]2C1=O)C(=O)c1ccc(Cl)c(Cl)c1. The van der Waals surface area contributed by atoms with E-state index in [0.717, 1.165) is 16.5 Å². The van der Waals surface area contributed by atoms with Crippen molar-refractivity contribution in [3.05, 3.63) is 74.2 Å². The predicted molar refractivity (Wildman–Crippen MR) is 134 cm³/mol. The Labute approximate surface area is 215 Å². The number of nitrogens with zero attached hydrogens (tertiary/aromatic N) is 2. The Balaban J connectivity index is 1.37. The van der Waals surface area contributed by atoms with Crippen LogP contribution >= 0.6 is 39.1 Å². The molecule has 0 aromatic heterocycles. The van der Waals surface area contributed by atoms with Crippen LogP contribution in [0.1, 0.15) is 22.3 Å². The molecule has 3 amide bonds. The Morgan fingerprint density at radius 1 is 1.00 bits per heavy atom. The molecular formula is C26H21BrCl2N2O3. The highest BCUT2D eigenvalue weighted by molar-refractivity contribution is 9.10. The van der Waals surface area contributed by atoms with Crippen LogP contribution in [-0.2, 0) is 9.59 Å². The number of rotatable bonds is 4. The fourth-order valence-corrected chi connectivity index (χ4v) is 7.03. The van der Waals surface area contributed by atoms with Gasteiger partial charge in [-0.15, -0.1) is 0 Å². The molecule has 1 heterocycles. The number of halogens is 3. The molecule has 2 bridgehead atoms. The molecule has 4 aliphatic carbocycles. The van der Waals surface area contributed by atoms with Crippen molar-refractivity contribution in [1.29, 1.82) is 0 Å². The summed E-state index contributed by atoms with van der Waals surface area (Å²) in [6.07, 6.45) is 5.40. The molecule has 1 saturated heterocycles. The summed E-state index contributed by atoms with van der Waals surface area (Å²) in [7, 11) is 0. The summed E-state index contributed by atoms with van der Waals surface area (Å²) in [6, 6.07) is 10.2. The van der Waals surface area contributed by atoms with Gasteiger partial charge in [-0.2, -0.15) is 0 Å². The van der Waals surface area contributed by atoms with Gasteiger partial charge in [-0.25, -0.2) is 0 Å². The van der Waals surface area contributed by atoms with E-state index in [1.54, 1.807) is 12.1 Å². The third-order valence-corrected chi connectivity index (χ3v) is 9.13. The number of benzene rings is 2. The Bertz CT molecular complexity index is 1260. The number of amides is 3. The van der Waals surface area contributed by atoms with E-state index in [1.165, 1.54) is 15.9 Å². The molecule has 0 unspecified atom stereocenters. The van der Waals surface area contributed by atoms with Crippen LogP contribution < -0.4 is 4.90 Å². The van der Waals surface area contributed by atoms with Crippen molar-refractivity contribution in [2.45, 2.75) is 13.3 Å². The molecule has 0 radical (unpaired) electrons. The summed E-state index contributed by atoms with van der Waals surface area (Å²) in [5, 5.41) is 0.612. The quantitative estimate of drug-likeness (QED) is 0.355. The number of carbonyl (C=O) groups is 3. The van der Waals surface area contributed by atoms with Gasteiger partial charge in [0.2, 0.25) is 11.8 Å². The second-order valence-electron chi connectivity index (χ2n) is 9.69. The molecule has 2 saturated carbocycles. The van der Waals surface area contributed by atoms with Gasteiger partial charge in [0, 0.05) is 15.7 Å². The third kappa shape index (κ3) is 3.29. The van der Waals surface area contributed by atoms with Crippen LogP contribution in [0.15, 0.2) is 53.0 Å². The zero-order valence-electron chi connectivity index (χ0n) is 18.3. The Hall–Kier alpha value is -2.15. The molecule has 5 nitrogen and oxygen atoms in total. The van der Waals surface area contributed by atoms with Crippen molar-refractivity contribution in [2.75, 3.05) is 11.6 Å². The van der Waals surface area contributed by atoms with Crippen molar-refractivity contribution in [3.8, 4) is 0 Å². The highest BCUT2D eigenvalue weighted by atomic mass is 79.9. The van der Waals surface area contributed by atoms with E-state index in [1.807, 2.05) is 25.1 Å². The van der Waals surface area contributed by atoms with Gasteiger partial charge in [0.05, 0.1) is 21.9 Å². The first-order valence-corrected chi connectivity index (χ1v) is 12.9. The van der Waals surface area contributed by atoms with Gasteiger partial charge in [-0.1, -0.05) is 51.3 Å². The van der Waals surface area contributed by atoms with Gasteiger partial charge < -0.3 is 0 Å². The third-order valence-electron chi connectivity index (χ3n) is 7.90. The fraction of sp³-hybridized carbons (Fsp3) is 0.346. The van der Waals surface area contributed by atoms with E-state index < -0.39 is 0 Å². The summed E-state index contributed by atoms with van der Waals surface area (Å²) < 4.78 is 0.872. The van der Waals surface area contributed by atoms with Crippen molar-refractivity contribution in [2.24, 2.45) is 35.5 Å². The summed E-state index contributed by atoms with van der Waals surface area (Å²) >= 11 is 15.7. The van der Waals surface area contributed by atoms with Gasteiger partial charge >= 0.3 is 0 Å². The van der Waals surface area contributed by atoms with Gasteiger partial charge in [-0.3, -0.25) is 24.2 Å². The number of aryl methyl sites for hydroxylation is 1. The normalized spacial score (nSPS) is 30.4. The number of imide groups is 1. The number of likely N-dealkylation sites (tertiary alicyclic amines) is 1. The van der Waals surface area contributed by atoms with Crippen LogP contribution in [0.2, 0.25) is 10.0 Å². The molecule has 7 rings (SSSR count). The maximum Gasteiger partial charge on any atom is 0.259 e. The van der Waals surface area contributed by atoms with Crippen LogP contribution in [0.4, 0.5) is 5.69 Å². The first kappa shape index (κ1) is 22.3. The molecule has 34 heavy (non-hydrogen) atoms. The largest absolute Gasteiger partial charge is 0.289 e. The average molecular weight is 560 g/mol. The Morgan fingerprint density at radius 3 is 2.24 bits per heavy atom. The first-order chi connectivity index (χ1) is 16.3. The maximum atomic E-state index is 13.7.